The van der Waals surface area contributed by atoms with E-state index in [-0.39, 0.29) is 5.84 Å². The number of ether oxygens (including phenoxy) is 1. The van der Waals surface area contributed by atoms with E-state index in [4.69, 9.17) is 15.7 Å². The molecule has 0 atom stereocenters. The number of hydrogen-bond acceptors (Lipinski definition) is 3. The molecule has 1 aromatic rings. The van der Waals surface area contributed by atoms with Gasteiger partial charge in [0.15, 0.2) is 5.84 Å². The van der Waals surface area contributed by atoms with Crippen LogP contribution in [0.5, 0.6) is 5.75 Å². The lowest BCUT2D eigenvalue weighted by atomic mass is 9.96. The SMILES string of the molecule is Cc1cc(OC2CCC2)ccc1/C(N)=N/O. The van der Waals surface area contributed by atoms with Crippen LogP contribution < -0.4 is 10.5 Å². The van der Waals surface area contributed by atoms with Crippen LogP contribution in [0.4, 0.5) is 0 Å². The zero-order chi connectivity index (χ0) is 11.5. The molecule has 0 bridgehead atoms. The molecule has 0 amide bonds. The number of hydrogen-bond donors (Lipinski definition) is 2. The van der Waals surface area contributed by atoms with Crippen LogP contribution in [-0.2, 0) is 0 Å². The highest BCUT2D eigenvalue weighted by Gasteiger charge is 2.19. The number of amidine groups is 1. The molecule has 86 valence electrons. The molecule has 0 saturated heterocycles. The number of nitrogens with two attached hydrogens (primary N) is 1. The first-order valence-corrected chi connectivity index (χ1v) is 5.46. The maximum Gasteiger partial charge on any atom is 0.170 e. The van der Waals surface area contributed by atoms with Gasteiger partial charge in [0.25, 0.3) is 0 Å². The topological polar surface area (TPSA) is 67.8 Å². The first-order chi connectivity index (χ1) is 7.70. The fraction of sp³-hybridized carbons (Fsp3) is 0.417. The van der Waals surface area contributed by atoms with E-state index >= 15 is 0 Å². The van der Waals surface area contributed by atoms with Crippen molar-refractivity contribution < 1.29 is 9.94 Å². The Labute approximate surface area is 94.7 Å². The zero-order valence-corrected chi connectivity index (χ0v) is 9.31. The van der Waals surface area contributed by atoms with Gasteiger partial charge < -0.3 is 15.7 Å². The Bertz CT molecular complexity index is 411. The molecule has 4 nitrogen and oxygen atoms in total. The average molecular weight is 220 g/mol. The van der Waals surface area contributed by atoms with Crippen LogP contribution in [0.25, 0.3) is 0 Å². The minimum atomic E-state index is 0.132. The Hall–Kier alpha value is -1.71. The van der Waals surface area contributed by atoms with Crippen molar-refractivity contribution in [2.24, 2.45) is 10.9 Å². The molecular formula is C12H16N2O2. The maximum atomic E-state index is 8.61. The van der Waals surface area contributed by atoms with Gasteiger partial charge in [-0.2, -0.15) is 0 Å². The molecule has 0 unspecified atom stereocenters. The summed E-state index contributed by atoms with van der Waals surface area (Å²) >= 11 is 0. The van der Waals surface area contributed by atoms with Gasteiger partial charge in [-0.25, -0.2) is 0 Å². The predicted molar refractivity (Wildman–Crippen MR) is 62.0 cm³/mol. The molecule has 0 aliphatic heterocycles. The Morgan fingerprint density at radius 3 is 2.75 bits per heavy atom. The average Bonchev–Trinajstić information content (AvgIpc) is 2.23. The lowest BCUT2D eigenvalue weighted by Crippen LogP contribution is -2.24. The van der Waals surface area contributed by atoms with E-state index in [9.17, 15) is 0 Å². The molecule has 16 heavy (non-hydrogen) atoms. The third-order valence-corrected chi connectivity index (χ3v) is 2.94. The van der Waals surface area contributed by atoms with E-state index in [1.165, 1.54) is 6.42 Å². The van der Waals surface area contributed by atoms with Gasteiger partial charge in [0, 0.05) is 5.56 Å². The molecule has 1 aromatic carbocycles. The second-order valence-corrected chi connectivity index (χ2v) is 4.13. The van der Waals surface area contributed by atoms with Gasteiger partial charge in [0.1, 0.15) is 5.75 Å². The maximum absolute atomic E-state index is 8.61. The van der Waals surface area contributed by atoms with Crippen molar-refractivity contribution in [2.45, 2.75) is 32.3 Å². The largest absolute Gasteiger partial charge is 0.490 e. The van der Waals surface area contributed by atoms with Crippen LogP contribution in [0.15, 0.2) is 23.4 Å². The van der Waals surface area contributed by atoms with Gasteiger partial charge in [-0.05, 0) is 49.9 Å². The lowest BCUT2D eigenvalue weighted by molar-refractivity contribution is 0.120. The minimum absolute atomic E-state index is 0.132. The Balaban J connectivity index is 2.15. The van der Waals surface area contributed by atoms with Gasteiger partial charge in [-0.3, -0.25) is 0 Å². The van der Waals surface area contributed by atoms with Gasteiger partial charge in [0.05, 0.1) is 6.10 Å². The fourth-order valence-corrected chi connectivity index (χ4v) is 1.73. The molecule has 2 rings (SSSR count). The summed E-state index contributed by atoms with van der Waals surface area (Å²) in [7, 11) is 0. The number of rotatable bonds is 3. The summed E-state index contributed by atoms with van der Waals surface area (Å²) in [6.45, 7) is 1.92. The van der Waals surface area contributed by atoms with Crippen molar-refractivity contribution >= 4 is 5.84 Å². The van der Waals surface area contributed by atoms with Crippen LogP contribution in [0.1, 0.15) is 30.4 Å². The standard InChI is InChI=1S/C12H16N2O2/c1-8-7-10(16-9-3-2-4-9)5-6-11(8)12(13)14-15/h5-7,9,15H,2-4H2,1H3,(H2,13,14). The predicted octanol–water partition coefficient (Wildman–Crippen LogP) is 2.02. The molecule has 4 heteroatoms. The summed E-state index contributed by atoms with van der Waals surface area (Å²) < 4.78 is 5.76. The third kappa shape index (κ3) is 2.10. The van der Waals surface area contributed by atoms with Gasteiger partial charge in [-0.15, -0.1) is 0 Å². The van der Waals surface area contributed by atoms with Crippen molar-refractivity contribution in [3.63, 3.8) is 0 Å². The normalized spacial score (nSPS) is 16.9. The summed E-state index contributed by atoms with van der Waals surface area (Å²) in [4.78, 5) is 0. The van der Waals surface area contributed by atoms with Crippen molar-refractivity contribution in [2.75, 3.05) is 0 Å². The van der Waals surface area contributed by atoms with E-state index in [2.05, 4.69) is 5.16 Å². The first-order valence-electron chi connectivity index (χ1n) is 5.46. The molecule has 1 aliphatic carbocycles. The summed E-state index contributed by atoms with van der Waals surface area (Å²) in [6, 6.07) is 5.60. The highest BCUT2D eigenvalue weighted by molar-refractivity contribution is 5.98. The van der Waals surface area contributed by atoms with E-state index in [0.717, 1.165) is 29.7 Å². The molecule has 0 aromatic heterocycles. The van der Waals surface area contributed by atoms with Crippen molar-refractivity contribution in [1.82, 2.24) is 0 Å². The Morgan fingerprint density at radius 1 is 1.50 bits per heavy atom. The molecule has 0 radical (unpaired) electrons. The van der Waals surface area contributed by atoms with Crippen LogP contribution in [-0.4, -0.2) is 17.1 Å². The van der Waals surface area contributed by atoms with E-state index in [1.807, 2.05) is 25.1 Å². The highest BCUT2D eigenvalue weighted by atomic mass is 16.5. The summed E-state index contributed by atoms with van der Waals surface area (Å²) in [5, 5.41) is 11.6. The van der Waals surface area contributed by atoms with Gasteiger partial charge in [0.2, 0.25) is 0 Å². The van der Waals surface area contributed by atoms with Gasteiger partial charge >= 0.3 is 0 Å². The summed E-state index contributed by atoms with van der Waals surface area (Å²) in [5.41, 5.74) is 7.23. The van der Waals surface area contributed by atoms with E-state index in [1.54, 1.807) is 0 Å². The van der Waals surface area contributed by atoms with E-state index < -0.39 is 0 Å². The van der Waals surface area contributed by atoms with Crippen molar-refractivity contribution in [3.8, 4) is 5.75 Å². The molecule has 1 fully saturated rings. The van der Waals surface area contributed by atoms with Gasteiger partial charge in [-0.1, -0.05) is 5.16 Å². The van der Waals surface area contributed by atoms with Crippen LogP contribution in [0.2, 0.25) is 0 Å². The quantitative estimate of drug-likeness (QED) is 0.354. The lowest BCUT2D eigenvalue weighted by Gasteiger charge is -2.26. The second kappa shape index (κ2) is 4.43. The molecular weight excluding hydrogens is 204 g/mol. The second-order valence-electron chi connectivity index (χ2n) is 4.13. The van der Waals surface area contributed by atoms with Crippen LogP contribution in [0, 0.1) is 6.92 Å². The molecule has 3 N–H and O–H groups in total. The smallest absolute Gasteiger partial charge is 0.170 e. The van der Waals surface area contributed by atoms with Crippen LogP contribution >= 0.6 is 0 Å². The third-order valence-electron chi connectivity index (χ3n) is 2.94. The summed E-state index contributed by atoms with van der Waals surface area (Å²) in [5.74, 6) is 0.990. The number of nitrogens with zero attached hydrogens (tertiary/aromatic N) is 1. The molecule has 1 aliphatic rings. The number of aryl methyl sites for hydroxylation is 1. The minimum Gasteiger partial charge on any atom is -0.490 e. The van der Waals surface area contributed by atoms with E-state index in [0.29, 0.717) is 6.10 Å². The zero-order valence-electron chi connectivity index (χ0n) is 9.31. The Kier molecular flexibility index (Phi) is 2.99. The van der Waals surface area contributed by atoms with Crippen molar-refractivity contribution in [1.29, 1.82) is 0 Å². The first kappa shape index (κ1) is 10.8. The highest BCUT2D eigenvalue weighted by Crippen LogP contribution is 2.26. The number of oxime groups is 1. The monoisotopic (exact) mass is 220 g/mol. The Morgan fingerprint density at radius 2 is 2.25 bits per heavy atom. The molecule has 0 spiro atoms. The fourth-order valence-electron chi connectivity index (χ4n) is 1.73. The number of benzene rings is 1. The molecule has 1 saturated carbocycles. The summed E-state index contributed by atoms with van der Waals surface area (Å²) in [6.07, 6.45) is 3.91. The van der Waals surface area contributed by atoms with Crippen molar-refractivity contribution in [3.05, 3.63) is 29.3 Å². The molecule has 0 heterocycles. The van der Waals surface area contributed by atoms with Crippen LogP contribution in [0.3, 0.4) is 0 Å².